The average Bonchev–Trinajstić information content (AvgIpc) is 3.23. The number of amides is 1. The molecule has 1 N–H and O–H groups in total. The van der Waals surface area contributed by atoms with E-state index in [4.69, 9.17) is 11.6 Å². The molecule has 1 saturated heterocycles. The third kappa shape index (κ3) is 3.41. The molecule has 1 amide bonds. The lowest BCUT2D eigenvalue weighted by Crippen LogP contribution is -2.42. The first-order valence-electron chi connectivity index (χ1n) is 8.51. The van der Waals surface area contributed by atoms with Crippen LogP contribution >= 0.6 is 11.6 Å². The van der Waals surface area contributed by atoms with E-state index < -0.39 is 17.9 Å². The van der Waals surface area contributed by atoms with Gasteiger partial charge in [0.1, 0.15) is 0 Å². The summed E-state index contributed by atoms with van der Waals surface area (Å²) in [6.07, 6.45) is 0.940. The van der Waals surface area contributed by atoms with Crippen LogP contribution in [-0.2, 0) is 9.59 Å². The van der Waals surface area contributed by atoms with Gasteiger partial charge in [0.05, 0.1) is 5.92 Å². The largest absolute Gasteiger partial charge is 0.481 e. The highest BCUT2D eigenvalue weighted by Gasteiger charge is 2.40. The van der Waals surface area contributed by atoms with Crippen LogP contribution in [-0.4, -0.2) is 54.7 Å². The molecule has 3 unspecified atom stereocenters. The quantitative estimate of drug-likeness (QED) is 0.857. The molecule has 2 heterocycles. The number of benzene rings is 1. The number of carboxylic acids is 1. The van der Waals surface area contributed by atoms with Crippen molar-refractivity contribution in [3.05, 3.63) is 29.3 Å². The van der Waals surface area contributed by atoms with Crippen molar-refractivity contribution in [2.24, 2.45) is 5.92 Å². The molecule has 2 aromatic rings. The van der Waals surface area contributed by atoms with Gasteiger partial charge in [-0.2, -0.15) is 4.80 Å². The SMILES string of the molecule is CCC(C(=O)N1CCC(C(=O)O)C1C)n1nnc(-c2ccc(Cl)cc2)n1. The van der Waals surface area contributed by atoms with Crippen LogP contribution in [0.2, 0.25) is 5.02 Å². The number of tetrazole rings is 1. The van der Waals surface area contributed by atoms with Crippen LogP contribution in [0.25, 0.3) is 11.4 Å². The molecule has 0 aliphatic carbocycles. The monoisotopic (exact) mass is 377 g/mol. The van der Waals surface area contributed by atoms with Gasteiger partial charge >= 0.3 is 5.97 Å². The number of aromatic nitrogens is 4. The van der Waals surface area contributed by atoms with Crippen molar-refractivity contribution >= 4 is 23.5 Å². The third-order valence-corrected chi connectivity index (χ3v) is 5.09. The predicted molar refractivity (Wildman–Crippen MR) is 94.5 cm³/mol. The van der Waals surface area contributed by atoms with Gasteiger partial charge in [0.2, 0.25) is 11.7 Å². The van der Waals surface area contributed by atoms with Gasteiger partial charge in [-0.25, -0.2) is 0 Å². The number of aliphatic carboxylic acids is 1. The number of carboxylic acid groups (broad SMARTS) is 1. The topological polar surface area (TPSA) is 101 Å². The molecule has 1 aromatic heterocycles. The van der Waals surface area contributed by atoms with E-state index in [2.05, 4.69) is 15.4 Å². The summed E-state index contributed by atoms with van der Waals surface area (Å²) in [6.45, 7) is 4.06. The Balaban J connectivity index is 1.80. The second-order valence-corrected chi connectivity index (χ2v) is 6.81. The molecule has 3 rings (SSSR count). The normalized spacial score (nSPS) is 21.0. The summed E-state index contributed by atoms with van der Waals surface area (Å²) in [5.41, 5.74) is 0.753. The molecule has 0 bridgehead atoms. The van der Waals surface area contributed by atoms with Crippen LogP contribution < -0.4 is 0 Å². The van der Waals surface area contributed by atoms with Crippen LogP contribution in [0.3, 0.4) is 0 Å². The summed E-state index contributed by atoms with van der Waals surface area (Å²) in [5.74, 6) is -1.18. The first kappa shape index (κ1) is 18.3. The van der Waals surface area contributed by atoms with E-state index >= 15 is 0 Å². The minimum Gasteiger partial charge on any atom is -0.481 e. The highest BCUT2D eigenvalue weighted by molar-refractivity contribution is 6.30. The second-order valence-electron chi connectivity index (χ2n) is 6.37. The Bertz CT molecular complexity index is 807. The van der Waals surface area contributed by atoms with E-state index in [1.807, 2.05) is 6.92 Å². The molecule has 1 aliphatic rings. The van der Waals surface area contributed by atoms with Crippen molar-refractivity contribution in [3.8, 4) is 11.4 Å². The molecule has 8 nitrogen and oxygen atoms in total. The molecule has 3 atom stereocenters. The van der Waals surface area contributed by atoms with Crippen molar-refractivity contribution in [1.82, 2.24) is 25.1 Å². The minimum absolute atomic E-state index is 0.177. The molecule has 0 radical (unpaired) electrons. The van der Waals surface area contributed by atoms with E-state index in [9.17, 15) is 14.7 Å². The van der Waals surface area contributed by atoms with Crippen LogP contribution in [0.15, 0.2) is 24.3 Å². The smallest absolute Gasteiger partial charge is 0.308 e. The Labute approximate surface area is 155 Å². The molecule has 26 heavy (non-hydrogen) atoms. The maximum Gasteiger partial charge on any atom is 0.308 e. The van der Waals surface area contributed by atoms with Crippen LogP contribution in [0.4, 0.5) is 0 Å². The Morgan fingerprint density at radius 3 is 2.62 bits per heavy atom. The van der Waals surface area contributed by atoms with E-state index in [0.717, 1.165) is 5.56 Å². The Hall–Kier alpha value is -2.48. The van der Waals surface area contributed by atoms with Gasteiger partial charge in [-0.1, -0.05) is 18.5 Å². The first-order chi connectivity index (χ1) is 12.4. The number of nitrogens with zero attached hydrogens (tertiary/aromatic N) is 5. The molecule has 1 aromatic carbocycles. The summed E-state index contributed by atoms with van der Waals surface area (Å²) in [5, 5.41) is 22.3. The number of hydrogen-bond acceptors (Lipinski definition) is 5. The van der Waals surface area contributed by atoms with Crippen molar-refractivity contribution < 1.29 is 14.7 Å². The van der Waals surface area contributed by atoms with E-state index in [1.54, 1.807) is 36.1 Å². The number of hydrogen-bond donors (Lipinski definition) is 1. The zero-order valence-corrected chi connectivity index (χ0v) is 15.3. The maximum absolute atomic E-state index is 12.9. The molecule has 1 aliphatic heterocycles. The average molecular weight is 378 g/mol. The summed E-state index contributed by atoms with van der Waals surface area (Å²) in [7, 11) is 0. The molecule has 1 fully saturated rings. The zero-order valence-electron chi connectivity index (χ0n) is 14.5. The van der Waals surface area contributed by atoms with E-state index in [1.165, 1.54) is 4.80 Å². The van der Waals surface area contributed by atoms with Crippen molar-refractivity contribution in [1.29, 1.82) is 0 Å². The Morgan fingerprint density at radius 2 is 2.04 bits per heavy atom. The fourth-order valence-electron chi connectivity index (χ4n) is 3.28. The molecule has 138 valence electrons. The number of likely N-dealkylation sites (tertiary alicyclic amines) is 1. The number of halogens is 1. The van der Waals surface area contributed by atoms with Gasteiger partial charge < -0.3 is 10.0 Å². The maximum atomic E-state index is 12.9. The summed E-state index contributed by atoms with van der Waals surface area (Å²) in [4.78, 5) is 27.1. The summed E-state index contributed by atoms with van der Waals surface area (Å²) < 4.78 is 0. The van der Waals surface area contributed by atoms with Crippen molar-refractivity contribution in [2.45, 2.75) is 38.8 Å². The molecular weight excluding hydrogens is 358 g/mol. The number of carbonyl (C=O) groups excluding carboxylic acids is 1. The second kappa shape index (κ2) is 7.41. The van der Waals surface area contributed by atoms with Gasteiger partial charge in [0.25, 0.3) is 0 Å². The number of rotatable bonds is 5. The molecule has 0 saturated carbocycles. The third-order valence-electron chi connectivity index (χ3n) is 4.84. The number of carbonyl (C=O) groups is 2. The molecule has 9 heteroatoms. The lowest BCUT2D eigenvalue weighted by molar-refractivity contribution is -0.143. The summed E-state index contributed by atoms with van der Waals surface area (Å²) >= 11 is 5.89. The van der Waals surface area contributed by atoms with Crippen LogP contribution in [0.1, 0.15) is 32.7 Å². The lowest BCUT2D eigenvalue weighted by atomic mass is 10.0. The van der Waals surface area contributed by atoms with Gasteiger partial charge in [-0.15, -0.1) is 10.2 Å². The zero-order chi connectivity index (χ0) is 18.8. The van der Waals surface area contributed by atoms with Crippen LogP contribution in [0.5, 0.6) is 0 Å². The summed E-state index contributed by atoms with van der Waals surface area (Å²) in [6, 6.07) is 6.07. The van der Waals surface area contributed by atoms with Gasteiger partial charge in [-0.05, 0) is 49.2 Å². The predicted octanol–water partition coefficient (Wildman–Crippen LogP) is 2.27. The van der Waals surface area contributed by atoms with Crippen molar-refractivity contribution in [2.75, 3.05) is 6.54 Å². The van der Waals surface area contributed by atoms with E-state index in [-0.39, 0.29) is 11.9 Å². The highest BCUT2D eigenvalue weighted by atomic mass is 35.5. The first-order valence-corrected chi connectivity index (χ1v) is 8.89. The van der Waals surface area contributed by atoms with Gasteiger partial charge in [0.15, 0.2) is 6.04 Å². The van der Waals surface area contributed by atoms with Crippen molar-refractivity contribution in [3.63, 3.8) is 0 Å². The highest BCUT2D eigenvalue weighted by Crippen LogP contribution is 2.28. The van der Waals surface area contributed by atoms with Gasteiger partial charge in [0, 0.05) is 23.2 Å². The van der Waals surface area contributed by atoms with E-state index in [0.29, 0.717) is 30.2 Å². The fraction of sp³-hybridized carbons (Fsp3) is 0.471. The fourth-order valence-corrected chi connectivity index (χ4v) is 3.41. The molecular formula is C17H20ClN5O3. The van der Waals surface area contributed by atoms with Gasteiger partial charge in [-0.3, -0.25) is 9.59 Å². The lowest BCUT2D eigenvalue weighted by Gasteiger charge is -2.26. The standard InChI is InChI=1S/C17H20ClN5O3/c1-3-14(16(24)22-9-8-13(10(22)2)17(25)26)23-20-15(19-21-23)11-4-6-12(18)7-5-11/h4-7,10,13-14H,3,8-9H2,1-2H3,(H,25,26). The molecule has 0 spiro atoms. The van der Waals surface area contributed by atoms with Crippen LogP contribution in [0, 0.1) is 5.92 Å². The Kier molecular flexibility index (Phi) is 5.22. The minimum atomic E-state index is -0.871. The Morgan fingerprint density at radius 1 is 1.35 bits per heavy atom.